The van der Waals surface area contributed by atoms with Crippen molar-refractivity contribution in [3.8, 4) is 0 Å². The standard InChI is InChI=1S/C79H157N2O6P/c1-6-8-10-12-14-16-18-20-22-24-26-28-30-32-34-36-37-38-39-40-41-42-43-45-47-49-51-53-55-57-59-61-63-65-67-69-71-73-79(83)80-77(76-87-88(84,85)86-75-74-81(3,4)5)78(82)72-70-68-66-64-62-60-58-56-54-52-50-48-46-44-35-33-31-29-27-25-23-21-19-17-15-13-11-9-7-2/h62,64,70,72,77-78,82H,6-61,63,65-69,71,73-76H2,1-5H3,(H-,80,83,84,85)/p+1/b64-62+,72-70+. The first kappa shape index (κ1) is 87.0. The van der Waals surface area contributed by atoms with Gasteiger partial charge in [-0.3, -0.25) is 13.8 Å². The van der Waals surface area contributed by atoms with E-state index in [0.717, 1.165) is 38.5 Å². The molecule has 0 aromatic carbocycles. The number of rotatable bonds is 75. The highest BCUT2D eigenvalue weighted by Gasteiger charge is 2.28. The van der Waals surface area contributed by atoms with Crippen molar-refractivity contribution in [2.45, 2.75) is 437 Å². The Hall–Kier alpha value is -1.02. The van der Waals surface area contributed by atoms with Crippen molar-refractivity contribution in [2.75, 3.05) is 40.9 Å². The number of quaternary nitrogens is 1. The van der Waals surface area contributed by atoms with Gasteiger partial charge in [0.1, 0.15) is 13.2 Å². The van der Waals surface area contributed by atoms with Gasteiger partial charge in [-0.1, -0.05) is 411 Å². The molecule has 0 aliphatic rings. The van der Waals surface area contributed by atoms with Crippen LogP contribution < -0.4 is 5.32 Å². The molecule has 0 spiro atoms. The number of phosphoric ester groups is 1. The van der Waals surface area contributed by atoms with Crippen LogP contribution in [0.3, 0.4) is 0 Å². The first-order chi connectivity index (χ1) is 43.0. The van der Waals surface area contributed by atoms with E-state index in [9.17, 15) is 19.4 Å². The fourth-order valence-electron chi connectivity index (χ4n) is 12.5. The van der Waals surface area contributed by atoms with Crippen molar-refractivity contribution in [3.05, 3.63) is 24.3 Å². The van der Waals surface area contributed by atoms with Gasteiger partial charge in [-0.25, -0.2) is 4.57 Å². The Balaban J connectivity index is 3.95. The van der Waals surface area contributed by atoms with Gasteiger partial charge in [0.15, 0.2) is 0 Å². The van der Waals surface area contributed by atoms with E-state index in [1.165, 1.54) is 366 Å². The third-order valence-electron chi connectivity index (χ3n) is 18.7. The monoisotopic (exact) mass is 1260 g/mol. The topological polar surface area (TPSA) is 105 Å². The summed E-state index contributed by atoms with van der Waals surface area (Å²) in [7, 11) is 1.58. The number of likely N-dealkylation sites (N-methyl/N-ethyl adjacent to an activating group) is 1. The van der Waals surface area contributed by atoms with Gasteiger partial charge in [-0.2, -0.15) is 0 Å². The maximum absolute atomic E-state index is 13.1. The van der Waals surface area contributed by atoms with Crippen molar-refractivity contribution in [1.82, 2.24) is 5.32 Å². The predicted molar refractivity (Wildman–Crippen MR) is 388 cm³/mol. The van der Waals surface area contributed by atoms with Crippen LogP contribution in [0, 0.1) is 0 Å². The molecule has 0 fully saturated rings. The molecule has 0 aliphatic heterocycles. The number of aliphatic hydroxyl groups is 1. The van der Waals surface area contributed by atoms with Crippen molar-refractivity contribution >= 4 is 13.7 Å². The van der Waals surface area contributed by atoms with E-state index in [1.54, 1.807) is 6.08 Å². The molecule has 0 bridgehead atoms. The van der Waals surface area contributed by atoms with Crippen molar-refractivity contribution < 1.29 is 32.9 Å². The number of carbonyl (C=O) groups excluding carboxylic acids is 1. The molecule has 0 aromatic heterocycles. The van der Waals surface area contributed by atoms with Gasteiger partial charge in [-0.15, -0.1) is 0 Å². The molecule has 0 aliphatic carbocycles. The molecule has 88 heavy (non-hydrogen) atoms. The van der Waals surface area contributed by atoms with Crippen LogP contribution in [0.1, 0.15) is 425 Å². The first-order valence-electron chi connectivity index (χ1n) is 39.7. The van der Waals surface area contributed by atoms with Crippen molar-refractivity contribution in [1.29, 1.82) is 0 Å². The summed E-state index contributed by atoms with van der Waals surface area (Å²) in [6.45, 7) is 4.87. The van der Waals surface area contributed by atoms with E-state index < -0.39 is 20.0 Å². The zero-order valence-electron chi connectivity index (χ0n) is 60.3. The number of nitrogens with one attached hydrogen (secondary N) is 1. The maximum Gasteiger partial charge on any atom is 0.472 e. The number of nitrogens with zero attached hydrogens (tertiary/aromatic N) is 1. The summed E-state index contributed by atoms with van der Waals surface area (Å²) in [5.41, 5.74) is 0. The number of amides is 1. The van der Waals surface area contributed by atoms with Crippen LogP contribution in [-0.2, 0) is 18.4 Å². The highest BCUT2D eigenvalue weighted by atomic mass is 31.2. The van der Waals surface area contributed by atoms with E-state index in [4.69, 9.17) is 9.05 Å². The fraction of sp³-hybridized carbons (Fsp3) is 0.937. The number of carbonyl (C=O) groups is 1. The molecule has 3 unspecified atom stereocenters. The van der Waals surface area contributed by atoms with E-state index in [2.05, 4.69) is 31.3 Å². The van der Waals surface area contributed by atoms with Gasteiger partial charge in [0.2, 0.25) is 5.91 Å². The fourth-order valence-corrected chi connectivity index (χ4v) is 13.3. The highest BCUT2D eigenvalue weighted by molar-refractivity contribution is 7.47. The summed E-state index contributed by atoms with van der Waals surface area (Å²) >= 11 is 0. The maximum atomic E-state index is 13.1. The van der Waals surface area contributed by atoms with Gasteiger partial charge >= 0.3 is 7.82 Å². The summed E-state index contributed by atoms with van der Waals surface area (Å²) in [5, 5.41) is 14.0. The summed E-state index contributed by atoms with van der Waals surface area (Å²) in [5.74, 6) is -0.176. The Morgan fingerprint density at radius 2 is 0.625 bits per heavy atom. The molecule has 9 heteroatoms. The van der Waals surface area contributed by atoms with Crippen LogP contribution in [0.15, 0.2) is 24.3 Å². The predicted octanol–water partition coefficient (Wildman–Crippen LogP) is 25.8. The molecular formula is C79H158N2O6P+. The molecule has 0 heterocycles. The van der Waals surface area contributed by atoms with Crippen LogP contribution in [0.2, 0.25) is 0 Å². The largest absolute Gasteiger partial charge is 0.472 e. The average Bonchev–Trinajstić information content (AvgIpc) is 3.64. The highest BCUT2D eigenvalue weighted by Crippen LogP contribution is 2.43. The number of allylic oxidation sites excluding steroid dienone is 3. The molecule has 3 N–H and O–H groups in total. The lowest BCUT2D eigenvalue weighted by atomic mass is 10.0. The van der Waals surface area contributed by atoms with E-state index in [1.807, 2.05) is 27.2 Å². The molecular weight excluding hydrogens is 1100 g/mol. The number of unbranched alkanes of at least 4 members (excludes halogenated alkanes) is 60. The second-order valence-corrected chi connectivity index (χ2v) is 30.3. The minimum atomic E-state index is -4.36. The third-order valence-corrected chi connectivity index (χ3v) is 19.7. The lowest BCUT2D eigenvalue weighted by Gasteiger charge is -2.25. The molecule has 524 valence electrons. The molecule has 3 atom stereocenters. The Morgan fingerprint density at radius 3 is 0.909 bits per heavy atom. The SMILES string of the molecule is CCCCCCCCCCCCCCCCCCCCCCCCC/C=C/CC/C=C/C(O)C(COP(=O)(O)OCC[N+](C)(C)C)NC(=O)CCCCCCCCCCCCCCCCCCCCCCCCCCCCCCCCCCCCCCC. The smallest absolute Gasteiger partial charge is 0.387 e. The number of hydrogen-bond acceptors (Lipinski definition) is 5. The second kappa shape index (κ2) is 70.3. The molecule has 0 radical (unpaired) electrons. The average molecular weight is 1260 g/mol. The Morgan fingerprint density at radius 1 is 0.375 bits per heavy atom. The Bertz CT molecular complexity index is 1480. The minimum Gasteiger partial charge on any atom is -0.387 e. The molecule has 0 rings (SSSR count). The summed E-state index contributed by atoms with van der Waals surface area (Å²) in [4.78, 5) is 23.5. The number of aliphatic hydroxyl groups excluding tert-OH is 1. The van der Waals surface area contributed by atoms with Gasteiger partial charge in [0, 0.05) is 6.42 Å². The van der Waals surface area contributed by atoms with Crippen LogP contribution in [0.5, 0.6) is 0 Å². The lowest BCUT2D eigenvalue weighted by molar-refractivity contribution is -0.870. The van der Waals surface area contributed by atoms with Gasteiger partial charge < -0.3 is 19.8 Å². The summed E-state index contributed by atoms with van der Waals surface area (Å²) in [6.07, 6.45) is 93.9. The normalized spacial score (nSPS) is 13.6. The molecule has 0 aromatic rings. The van der Waals surface area contributed by atoms with Crippen molar-refractivity contribution in [3.63, 3.8) is 0 Å². The third kappa shape index (κ3) is 72.4. The molecule has 1 amide bonds. The van der Waals surface area contributed by atoms with E-state index in [0.29, 0.717) is 17.4 Å². The van der Waals surface area contributed by atoms with Crippen LogP contribution in [-0.4, -0.2) is 73.4 Å². The van der Waals surface area contributed by atoms with Crippen LogP contribution >= 0.6 is 7.82 Å². The Kier molecular flexibility index (Phi) is 69.5. The second-order valence-electron chi connectivity index (χ2n) is 28.8. The van der Waals surface area contributed by atoms with Gasteiger partial charge in [-0.05, 0) is 32.1 Å². The zero-order chi connectivity index (χ0) is 64.1. The van der Waals surface area contributed by atoms with E-state index in [-0.39, 0.29) is 19.1 Å². The number of phosphoric acid groups is 1. The van der Waals surface area contributed by atoms with Crippen molar-refractivity contribution in [2.24, 2.45) is 0 Å². The Labute approximate surface area is 551 Å². The summed E-state index contributed by atoms with van der Waals surface area (Å²) < 4.78 is 23.9. The lowest BCUT2D eigenvalue weighted by Crippen LogP contribution is -2.45. The zero-order valence-corrected chi connectivity index (χ0v) is 61.2. The van der Waals surface area contributed by atoms with Crippen LogP contribution in [0.25, 0.3) is 0 Å². The van der Waals surface area contributed by atoms with Crippen LogP contribution in [0.4, 0.5) is 0 Å². The molecule has 0 saturated heterocycles. The minimum absolute atomic E-state index is 0.0592. The number of hydrogen-bond donors (Lipinski definition) is 3. The van der Waals surface area contributed by atoms with Gasteiger partial charge in [0.25, 0.3) is 0 Å². The summed E-state index contributed by atoms with van der Waals surface area (Å²) in [6, 6.07) is -0.863. The molecule has 0 saturated carbocycles. The van der Waals surface area contributed by atoms with Gasteiger partial charge in [0.05, 0.1) is 39.9 Å². The quantitative estimate of drug-likeness (QED) is 0.0243. The first-order valence-corrected chi connectivity index (χ1v) is 41.2. The van der Waals surface area contributed by atoms with E-state index >= 15 is 0 Å². The molecule has 8 nitrogen and oxygen atoms in total.